The van der Waals surface area contributed by atoms with Gasteiger partial charge in [-0.3, -0.25) is 0 Å². The van der Waals surface area contributed by atoms with Gasteiger partial charge in [0.15, 0.2) is 5.76 Å². The van der Waals surface area contributed by atoms with Crippen molar-refractivity contribution in [3.8, 4) is 0 Å². The maximum atomic E-state index is 6.12. The Bertz CT molecular complexity index is 1020. The minimum absolute atomic E-state index is 0.772. The summed E-state index contributed by atoms with van der Waals surface area (Å²) in [6.07, 6.45) is 26.3. The predicted molar refractivity (Wildman–Crippen MR) is 141 cm³/mol. The van der Waals surface area contributed by atoms with Crippen LogP contribution < -0.4 is 0 Å². The maximum absolute atomic E-state index is 6.12. The number of allylic oxidation sites excluding steroid dienone is 3. The number of ether oxygens (including phenoxy) is 1. The zero-order valence-corrected chi connectivity index (χ0v) is 20.8. The molecule has 0 fully saturated rings. The molecule has 4 rings (SSSR count). The number of furan rings is 1. The molecule has 4 nitrogen and oxygen atoms in total. The van der Waals surface area contributed by atoms with Crippen LogP contribution in [0.25, 0.3) is 6.08 Å². The Morgan fingerprint density at radius 2 is 1.47 bits per heavy atom. The summed E-state index contributed by atoms with van der Waals surface area (Å²) in [7, 11) is 1.70. The molecule has 0 atom stereocenters. The van der Waals surface area contributed by atoms with E-state index in [2.05, 4.69) is 41.4 Å². The van der Waals surface area contributed by atoms with Crippen molar-refractivity contribution < 1.29 is 9.15 Å². The molecular weight excluding hydrogens is 420 g/mol. The Kier molecular flexibility index (Phi) is 9.48. The van der Waals surface area contributed by atoms with Crippen LogP contribution in [0.5, 0.6) is 0 Å². The van der Waals surface area contributed by atoms with Crippen LogP contribution >= 0.6 is 0 Å². The lowest BCUT2D eigenvalue weighted by molar-refractivity contribution is 0.303. The van der Waals surface area contributed by atoms with Gasteiger partial charge in [0, 0.05) is 23.9 Å². The lowest BCUT2D eigenvalue weighted by Gasteiger charge is -2.02. The number of rotatable bonds is 1. The Morgan fingerprint density at radius 3 is 2.26 bits per heavy atom. The van der Waals surface area contributed by atoms with Crippen LogP contribution in [0.1, 0.15) is 100.0 Å². The zero-order valence-electron chi connectivity index (χ0n) is 20.8. The molecule has 0 saturated heterocycles. The number of methoxy groups -OCH3 is 1. The quantitative estimate of drug-likeness (QED) is 0.435. The molecule has 0 radical (unpaired) electrons. The average Bonchev–Trinajstić information content (AvgIpc) is 3.58. The minimum Gasteiger partial charge on any atom is -0.494 e. The van der Waals surface area contributed by atoms with Crippen molar-refractivity contribution in [3.05, 3.63) is 76.9 Å². The molecule has 4 heteroatoms. The van der Waals surface area contributed by atoms with E-state index in [1.807, 2.05) is 12.1 Å². The standard InChI is InChI=1S/C30H40N2O2/c1-33-30-23-28-29-21-20-26(34-29)17-15-13-11-9-7-5-3-2-4-6-8-10-12-14-16-24-18-19-25(31-24)22-27(30)32-28/h6,8,18-23,31H,2-5,7,9-17H2,1H3/b8-6+,27-22-. The molecule has 6 bridgehead atoms. The van der Waals surface area contributed by atoms with Crippen LogP contribution in [0.4, 0.5) is 0 Å². The number of hydrogen-bond donors (Lipinski definition) is 1. The van der Waals surface area contributed by atoms with Crippen LogP contribution in [-0.2, 0) is 17.6 Å². The highest BCUT2D eigenvalue weighted by Gasteiger charge is 2.19. The van der Waals surface area contributed by atoms with Crippen molar-refractivity contribution in [2.24, 2.45) is 4.99 Å². The summed E-state index contributed by atoms with van der Waals surface area (Å²) >= 11 is 0. The number of fused-ring (bicyclic) bond motifs is 6. The minimum atomic E-state index is 0.772. The van der Waals surface area contributed by atoms with E-state index in [9.17, 15) is 0 Å². The lowest BCUT2D eigenvalue weighted by Crippen LogP contribution is -1.91. The van der Waals surface area contributed by atoms with Gasteiger partial charge in [0.1, 0.15) is 22.9 Å². The number of H-pyrrole nitrogens is 1. The smallest absolute Gasteiger partial charge is 0.152 e. The van der Waals surface area contributed by atoms with Gasteiger partial charge in [-0.15, -0.1) is 0 Å². The molecule has 4 heterocycles. The number of hydrogen-bond acceptors (Lipinski definition) is 3. The average molecular weight is 461 g/mol. The van der Waals surface area contributed by atoms with Crippen molar-refractivity contribution in [3.63, 3.8) is 0 Å². The van der Waals surface area contributed by atoms with Crippen LogP contribution in [0.15, 0.2) is 63.4 Å². The fraction of sp³-hybridized carbons (Fsp3) is 0.500. The number of nitrogens with one attached hydrogen (secondary N) is 1. The largest absolute Gasteiger partial charge is 0.494 e. The van der Waals surface area contributed by atoms with E-state index in [-0.39, 0.29) is 0 Å². The molecule has 2 aromatic rings. The Hall–Kier alpha value is -2.75. The van der Waals surface area contributed by atoms with Crippen LogP contribution in [0.3, 0.4) is 0 Å². The summed E-state index contributed by atoms with van der Waals surface area (Å²) in [5.74, 6) is 2.63. The predicted octanol–water partition coefficient (Wildman–Crippen LogP) is 8.32. The highest BCUT2D eigenvalue weighted by molar-refractivity contribution is 6.10. The summed E-state index contributed by atoms with van der Waals surface area (Å²) in [6.45, 7) is 0. The van der Waals surface area contributed by atoms with Gasteiger partial charge in [-0.2, -0.15) is 0 Å². The first-order valence-corrected chi connectivity index (χ1v) is 13.3. The van der Waals surface area contributed by atoms with Crippen molar-refractivity contribution in [2.75, 3.05) is 7.11 Å². The number of aryl methyl sites for hydroxylation is 2. The molecule has 0 saturated carbocycles. The number of aliphatic imine (C=N–C) groups is 1. The highest BCUT2D eigenvalue weighted by atomic mass is 16.5. The fourth-order valence-corrected chi connectivity index (χ4v) is 4.73. The first-order valence-electron chi connectivity index (χ1n) is 13.3. The number of nitrogens with zero attached hydrogens (tertiary/aromatic N) is 1. The van der Waals surface area contributed by atoms with E-state index in [0.717, 1.165) is 47.2 Å². The third kappa shape index (κ3) is 7.38. The molecule has 0 unspecified atom stereocenters. The molecule has 0 aromatic carbocycles. The van der Waals surface area contributed by atoms with E-state index < -0.39 is 0 Å². The maximum Gasteiger partial charge on any atom is 0.152 e. The van der Waals surface area contributed by atoms with Crippen LogP contribution in [0, 0.1) is 0 Å². The molecule has 2 aliphatic heterocycles. The molecule has 34 heavy (non-hydrogen) atoms. The lowest BCUT2D eigenvalue weighted by atomic mass is 10.1. The summed E-state index contributed by atoms with van der Waals surface area (Å²) in [5, 5.41) is 0. The van der Waals surface area contributed by atoms with E-state index >= 15 is 0 Å². The molecule has 2 aromatic heterocycles. The topological polar surface area (TPSA) is 50.5 Å². The van der Waals surface area contributed by atoms with Crippen molar-refractivity contribution in [1.82, 2.24) is 4.98 Å². The summed E-state index contributed by atoms with van der Waals surface area (Å²) in [4.78, 5) is 8.34. The van der Waals surface area contributed by atoms with E-state index in [1.54, 1.807) is 7.11 Å². The van der Waals surface area contributed by atoms with E-state index in [0.29, 0.717) is 0 Å². The SMILES string of the molecule is COC1=CC2=N/C1=C\c1ccc([nH]1)CCCC/C=C/CCCCCCCCCCc1ccc2o1. The second-order valence-electron chi connectivity index (χ2n) is 9.53. The molecule has 2 aliphatic rings. The highest BCUT2D eigenvalue weighted by Crippen LogP contribution is 2.26. The second kappa shape index (κ2) is 13.2. The molecule has 0 spiro atoms. The van der Waals surface area contributed by atoms with Crippen molar-refractivity contribution in [1.29, 1.82) is 0 Å². The van der Waals surface area contributed by atoms with Gasteiger partial charge < -0.3 is 14.1 Å². The van der Waals surface area contributed by atoms with Gasteiger partial charge in [0.05, 0.1) is 7.11 Å². The van der Waals surface area contributed by atoms with Crippen molar-refractivity contribution >= 4 is 11.8 Å². The van der Waals surface area contributed by atoms with Gasteiger partial charge in [-0.1, -0.05) is 50.7 Å². The Morgan fingerprint density at radius 1 is 0.765 bits per heavy atom. The third-order valence-electron chi connectivity index (χ3n) is 6.73. The molecule has 1 N–H and O–H groups in total. The van der Waals surface area contributed by atoms with Gasteiger partial charge in [-0.05, 0) is 75.3 Å². The van der Waals surface area contributed by atoms with Gasteiger partial charge in [0.2, 0.25) is 0 Å². The number of aromatic amines is 1. The van der Waals surface area contributed by atoms with Crippen molar-refractivity contribution in [2.45, 2.75) is 89.9 Å². The molecule has 0 aliphatic carbocycles. The Balaban J connectivity index is 1.43. The fourth-order valence-electron chi connectivity index (χ4n) is 4.73. The molecule has 182 valence electrons. The van der Waals surface area contributed by atoms with E-state index in [1.165, 1.54) is 82.7 Å². The first kappa shape index (κ1) is 24.4. The summed E-state index contributed by atoms with van der Waals surface area (Å²) in [6, 6.07) is 8.44. The normalized spacial score (nSPS) is 21.7. The second-order valence-corrected chi connectivity index (χ2v) is 9.53. The van der Waals surface area contributed by atoms with Crippen LogP contribution in [-0.4, -0.2) is 17.8 Å². The van der Waals surface area contributed by atoms with E-state index in [4.69, 9.17) is 14.1 Å². The number of aromatic nitrogens is 1. The Labute approximate surface area is 204 Å². The third-order valence-corrected chi connectivity index (χ3v) is 6.73. The zero-order chi connectivity index (χ0) is 23.4. The van der Waals surface area contributed by atoms with Gasteiger partial charge in [-0.25, -0.2) is 4.99 Å². The first-order chi connectivity index (χ1) is 16.8. The summed E-state index contributed by atoms with van der Waals surface area (Å²) in [5.41, 5.74) is 3.99. The summed E-state index contributed by atoms with van der Waals surface area (Å²) < 4.78 is 11.7. The van der Waals surface area contributed by atoms with Gasteiger partial charge >= 0.3 is 0 Å². The molecule has 0 amide bonds. The molecular formula is C30H40N2O2. The van der Waals surface area contributed by atoms with Crippen LogP contribution in [0.2, 0.25) is 0 Å². The van der Waals surface area contributed by atoms with Gasteiger partial charge in [0.25, 0.3) is 0 Å². The monoisotopic (exact) mass is 460 g/mol.